The number of rotatable bonds is 5. The van der Waals surface area contributed by atoms with Crippen molar-refractivity contribution < 1.29 is 9.00 Å². The molecule has 82 valence electrons. The average molecular weight is 218 g/mol. The zero-order valence-electron chi connectivity index (χ0n) is 8.78. The second-order valence-electron chi connectivity index (χ2n) is 3.55. The molecule has 1 heterocycles. The number of carbonyl (C=O) groups is 1. The fraction of sp³-hybridized carbons (Fsp3) is 0.889. The van der Waals surface area contributed by atoms with E-state index >= 15 is 0 Å². The van der Waals surface area contributed by atoms with E-state index in [2.05, 4.69) is 12.2 Å². The third-order valence-corrected chi connectivity index (χ3v) is 3.12. The van der Waals surface area contributed by atoms with Crippen LogP contribution < -0.4 is 5.32 Å². The summed E-state index contributed by atoms with van der Waals surface area (Å²) in [5.74, 6) is 0.710. The molecule has 1 saturated heterocycles. The van der Waals surface area contributed by atoms with E-state index in [1.54, 1.807) is 6.26 Å². The summed E-state index contributed by atoms with van der Waals surface area (Å²) in [6.07, 6.45) is 3.86. The van der Waals surface area contributed by atoms with Crippen molar-refractivity contribution in [1.82, 2.24) is 10.2 Å². The summed E-state index contributed by atoms with van der Waals surface area (Å²) in [5.41, 5.74) is 0. The van der Waals surface area contributed by atoms with Gasteiger partial charge in [0.1, 0.15) is 0 Å². The van der Waals surface area contributed by atoms with Crippen LogP contribution in [0, 0.1) is 0 Å². The number of nitrogens with zero attached hydrogens (tertiary/aromatic N) is 1. The molecule has 1 rings (SSSR count). The Morgan fingerprint density at radius 3 is 2.93 bits per heavy atom. The second-order valence-corrected chi connectivity index (χ2v) is 5.10. The molecule has 2 atom stereocenters. The number of hydrogen-bond acceptors (Lipinski definition) is 3. The Morgan fingerprint density at radius 2 is 2.36 bits per heavy atom. The van der Waals surface area contributed by atoms with Crippen LogP contribution in [0.2, 0.25) is 0 Å². The molecule has 0 spiro atoms. The number of hydrogen-bond donors (Lipinski definition) is 1. The number of carbonyl (C=O) groups excluding carboxylic acids is 1. The predicted molar refractivity (Wildman–Crippen MR) is 57.3 cm³/mol. The molecule has 2 unspecified atom stereocenters. The van der Waals surface area contributed by atoms with E-state index in [1.807, 2.05) is 4.90 Å². The molecule has 0 aliphatic carbocycles. The highest BCUT2D eigenvalue weighted by atomic mass is 32.2. The van der Waals surface area contributed by atoms with Crippen molar-refractivity contribution in [2.24, 2.45) is 0 Å². The Bertz CT molecular complexity index is 233. The van der Waals surface area contributed by atoms with Gasteiger partial charge in [0, 0.05) is 29.4 Å². The lowest BCUT2D eigenvalue weighted by Crippen LogP contribution is -2.39. The molecule has 1 fully saturated rings. The first kappa shape index (κ1) is 11.7. The molecule has 4 nitrogen and oxygen atoms in total. The molecule has 1 amide bonds. The summed E-state index contributed by atoms with van der Waals surface area (Å²) in [4.78, 5) is 13.2. The van der Waals surface area contributed by atoms with Crippen LogP contribution in [0.25, 0.3) is 0 Å². The van der Waals surface area contributed by atoms with Gasteiger partial charge in [0.25, 0.3) is 0 Å². The molecule has 0 bridgehead atoms. The zero-order valence-corrected chi connectivity index (χ0v) is 9.60. The van der Waals surface area contributed by atoms with Crippen molar-refractivity contribution in [1.29, 1.82) is 0 Å². The van der Waals surface area contributed by atoms with Crippen LogP contribution in [0.15, 0.2) is 0 Å². The lowest BCUT2D eigenvalue weighted by atomic mass is 10.2. The van der Waals surface area contributed by atoms with Crippen LogP contribution in [0.3, 0.4) is 0 Å². The highest BCUT2D eigenvalue weighted by molar-refractivity contribution is 7.84. The van der Waals surface area contributed by atoms with E-state index < -0.39 is 10.8 Å². The molecule has 0 aromatic rings. The summed E-state index contributed by atoms with van der Waals surface area (Å²) in [7, 11) is -0.817. The third kappa shape index (κ3) is 3.06. The number of amides is 1. The van der Waals surface area contributed by atoms with Crippen LogP contribution >= 0.6 is 0 Å². The molecule has 1 aliphatic rings. The van der Waals surface area contributed by atoms with Gasteiger partial charge in [0.15, 0.2) is 0 Å². The van der Waals surface area contributed by atoms with Crippen molar-refractivity contribution in [2.45, 2.75) is 25.9 Å². The van der Waals surface area contributed by atoms with Gasteiger partial charge >= 0.3 is 0 Å². The third-order valence-electron chi connectivity index (χ3n) is 2.37. The van der Waals surface area contributed by atoms with Gasteiger partial charge in [-0.25, -0.2) is 0 Å². The van der Waals surface area contributed by atoms with E-state index in [-0.39, 0.29) is 12.1 Å². The van der Waals surface area contributed by atoms with Crippen LogP contribution in [-0.2, 0) is 15.6 Å². The van der Waals surface area contributed by atoms with Crippen LogP contribution in [0.5, 0.6) is 0 Å². The second kappa shape index (κ2) is 5.46. The van der Waals surface area contributed by atoms with Gasteiger partial charge in [-0.2, -0.15) is 0 Å². The smallest absolute Gasteiger partial charge is 0.237 e. The normalized spacial score (nSPS) is 24.3. The van der Waals surface area contributed by atoms with Crippen molar-refractivity contribution in [3.8, 4) is 0 Å². The van der Waals surface area contributed by atoms with Gasteiger partial charge in [-0.05, 0) is 6.42 Å². The van der Waals surface area contributed by atoms with Crippen LogP contribution in [0.4, 0.5) is 0 Å². The first-order valence-corrected chi connectivity index (χ1v) is 6.70. The quantitative estimate of drug-likeness (QED) is 0.702. The molecule has 1 N–H and O–H groups in total. The van der Waals surface area contributed by atoms with Crippen molar-refractivity contribution >= 4 is 16.7 Å². The topological polar surface area (TPSA) is 49.4 Å². The van der Waals surface area contributed by atoms with Crippen molar-refractivity contribution in [2.75, 3.05) is 25.1 Å². The molecule has 1 aliphatic heterocycles. The summed E-state index contributed by atoms with van der Waals surface area (Å²) in [6.45, 7) is 3.14. The zero-order chi connectivity index (χ0) is 10.6. The minimum atomic E-state index is -0.817. The van der Waals surface area contributed by atoms with E-state index in [0.29, 0.717) is 18.8 Å². The fourth-order valence-electron chi connectivity index (χ4n) is 1.63. The van der Waals surface area contributed by atoms with Crippen molar-refractivity contribution in [3.63, 3.8) is 0 Å². The van der Waals surface area contributed by atoms with Gasteiger partial charge in [0.2, 0.25) is 5.91 Å². The standard InChI is InChI=1S/C9H18N2O2S/c1-3-4-8-10-7-9(12)11(8)5-6-14(2)13/h8,10H,3-7H2,1-2H3. The van der Waals surface area contributed by atoms with Crippen LogP contribution in [-0.4, -0.2) is 46.3 Å². The highest BCUT2D eigenvalue weighted by Gasteiger charge is 2.28. The summed E-state index contributed by atoms with van der Waals surface area (Å²) in [6, 6.07) is 0. The largest absolute Gasteiger partial charge is 0.325 e. The molecule has 0 aromatic heterocycles. The first-order chi connectivity index (χ1) is 6.65. The lowest BCUT2D eigenvalue weighted by Gasteiger charge is -2.23. The molecular weight excluding hydrogens is 200 g/mol. The first-order valence-electron chi connectivity index (χ1n) is 4.98. The Labute approximate surface area is 87.5 Å². The van der Waals surface area contributed by atoms with Crippen molar-refractivity contribution in [3.05, 3.63) is 0 Å². The Hall–Kier alpha value is -0.420. The Morgan fingerprint density at radius 1 is 1.64 bits per heavy atom. The molecule has 5 heteroatoms. The van der Waals surface area contributed by atoms with Gasteiger partial charge in [0.05, 0.1) is 12.7 Å². The van der Waals surface area contributed by atoms with E-state index in [0.717, 1.165) is 12.8 Å². The van der Waals surface area contributed by atoms with E-state index in [4.69, 9.17) is 0 Å². The summed E-state index contributed by atoms with van der Waals surface area (Å²) < 4.78 is 10.9. The molecule has 0 radical (unpaired) electrons. The maximum Gasteiger partial charge on any atom is 0.237 e. The maximum atomic E-state index is 11.4. The van der Waals surface area contributed by atoms with Gasteiger partial charge in [-0.3, -0.25) is 14.3 Å². The molecule has 14 heavy (non-hydrogen) atoms. The molecular formula is C9H18N2O2S. The van der Waals surface area contributed by atoms with E-state index in [1.165, 1.54) is 0 Å². The highest BCUT2D eigenvalue weighted by Crippen LogP contribution is 2.09. The van der Waals surface area contributed by atoms with E-state index in [9.17, 15) is 9.00 Å². The molecule has 0 aromatic carbocycles. The lowest BCUT2D eigenvalue weighted by molar-refractivity contribution is -0.127. The average Bonchev–Trinajstić information content (AvgIpc) is 2.45. The molecule has 0 saturated carbocycles. The van der Waals surface area contributed by atoms with Gasteiger partial charge in [-0.15, -0.1) is 0 Å². The number of nitrogens with one attached hydrogen (secondary N) is 1. The van der Waals surface area contributed by atoms with Gasteiger partial charge in [-0.1, -0.05) is 13.3 Å². The van der Waals surface area contributed by atoms with Crippen LogP contribution in [0.1, 0.15) is 19.8 Å². The van der Waals surface area contributed by atoms with Gasteiger partial charge < -0.3 is 4.90 Å². The summed E-state index contributed by atoms with van der Waals surface area (Å²) >= 11 is 0. The fourth-order valence-corrected chi connectivity index (χ4v) is 2.08. The monoisotopic (exact) mass is 218 g/mol. The SMILES string of the molecule is CCCC1NCC(=O)N1CCS(C)=O. The minimum absolute atomic E-state index is 0.133. The summed E-state index contributed by atoms with van der Waals surface area (Å²) in [5, 5.41) is 3.16. The Balaban J connectivity index is 2.44. The predicted octanol–water partition coefficient (Wildman–Crippen LogP) is -0.0771. The minimum Gasteiger partial charge on any atom is -0.325 e. The maximum absolute atomic E-state index is 11.4. The Kier molecular flexibility index (Phi) is 4.54.